The molecule has 0 aromatic heterocycles. The standard InChI is InChI=1S/CH5NOSi/c2-1-4-3/h3H,1-2H2. The molecular weight excluding hydrogens is 70.1 g/mol. The van der Waals surface area contributed by atoms with Crippen molar-refractivity contribution in [2.24, 2.45) is 5.73 Å². The van der Waals surface area contributed by atoms with Gasteiger partial charge in [-0.1, -0.05) is 0 Å². The van der Waals surface area contributed by atoms with Crippen LogP contribution in [0.15, 0.2) is 0 Å². The summed E-state index contributed by atoms with van der Waals surface area (Å²) in [5.41, 5.74) is 4.79. The Kier molecular flexibility index (Phi) is 3.24. The van der Waals surface area contributed by atoms with E-state index in [1.54, 1.807) is 0 Å². The maximum Gasteiger partial charge on any atom is 0.239 e. The maximum absolute atomic E-state index is 7.78. The number of hydrogen-bond donors (Lipinski definition) is 2. The van der Waals surface area contributed by atoms with Gasteiger partial charge in [-0.2, -0.15) is 0 Å². The average Bonchev–Trinajstić information content (AvgIpc) is 1.37. The fourth-order valence-electron chi connectivity index (χ4n) is 0. The van der Waals surface area contributed by atoms with Gasteiger partial charge in [0.25, 0.3) is 0 Å². The molecule has 3 N–H and O–H groups in total. The molecule has 4 heavy (non-hydrogen) atoms. The van der Waals surface area contributed by atoms with Crippen molar-refractivity contribution in [1.29, 1.82) is 0 Å². The summed E-state index contributed by atoms with van der Waals surface area (Å²) in [5.74, 6) is 0. The SMILES string of the molecule is NC[Si]O. The van der Waals surface area contributed by atoms with Crippen LogP contribution in [0.2, 0.25) is 0 Å². The van der Waals surface area contributed by atoms with Gasteiger partial charge in [-0.25, -0.2) is 0 Å². The summed E-state index contributed by atoms with van der Waals surface area (Å²) in [5, 5.41) is 0. The van der Waals surface area contributed by atoms with Crippen molar-refractivity contribution < 1.29 is 4.80 Å². The summed E-state index contributed by atoms with van der Waals surface area (Å²) >= 11 is 0. The van der Waals surface area contributed by atoms with Gasteiger partial charge in [-0.15, -0.1) is 0 Å². The summed E-state index contributed by atoms with van der Waals surface area (Å²) < 4.78 is 0. The Labute approximate surface area is 27.6 Å². The van der Waals surface area contributed by atoms with Crippen LogP contribution in [-0.4, -0.2) is 20.7 Å². The van der Waals surface area contributed by atoms with E-state index in [2.05, 4.69) is 0 Å². The van der Waals surface area contributed by atoms with E-state index in [9.17, 15) is 0 Å². The molecule has 0 unspecified atom stereocenters. The van der Waals surface area contributed by atoms with Crippen LogP contribution >= 0.6 is 0 Å². The highest BCUT2D eigenvalue weighted by Gasteiger charge is 1.63. The molecule has 2 nitrogen and oxygen atoms in total. The first-order chi connectivity index (χ1) is 1.91. The van der Waals surface area contributed by atoms with E-state index < -0.39 is 0 Å². The molecule has 24 valence electrons. The molecule has 0 spiro atoms. The number of nitrogens with two attached hydrogens (primary N) is 1. The van der Waals surface area contributed by atoms with Gasteiger partial charge in [0.2, 0.25) is 9.76 Å². The molecule has 0 aromatic rings. The smallest absolute Gasteiger partial charge is 0.239 e. The Morgan fingerprint density at radius 2 is 2.25 bits per heavy atom. The van der Waals surface area contributed by atoms with Crippen molar-refractivity contribution in [1.82, 2.24) is 0 Å². The minimum absolute atomic E-state index is 0.0818. The highest BCUT2D eigenvalue weighted by atomic mass is 28.2. The third-order valence-electron chi connectivity index (χ3n) is 0.0913. The quantitative estimate of drug-likeness (QED) is 0.373. The van der Waals surface area contributed by atoms with Crippen LogP contribution in [-0.2, 0) is 0 Å². The zero-order chi connectivity index (χ0) is 3.41. The van der Waals surface area contributed by atoms with Crippen molar-refractivity contribution in [3.8, 4) is 0 Å². The third-order valence-corrected chi connectivity index (χ3v) is 0.274. The molecule has 3 heteroatoms. The molecule has 0 rings (SSSR count). The first-order valence-electron chi connectivity index (χ1n) is 0.985. The minimum Gasteiger partial charge on any atom is -0.431 e. The summed E-state index contributed by atoms with van der Waals surface area (Å²) in [6, 6.07) is 0. The lowest BCUT2D eigenvalue weighted by Crippen LogP contribution is -2.06. The fraction of sp³-hybridized carbons (Fsp3) is 1.00. The monoisotopic (exact) mass is 75.0 g/mol. The summed E-state index contributed by atoms with van der Waals surface area (Å²) in [6.07, 6.45) is 0.403. The van der Waals surface area contributed by atoms with Crippen molar-refractivity contribution in [3.05, 3.63) is 0 Å². The van der Waals surface area contributed by atoms with E-state index in [4.69, 9.17) is 10.5 Å². The molecule has 0 heterocycles. The molecule has 0 saturated carbocycles. The highest BCUT2D eigenvalue weighted by molar-refractivity contribution is 6.25. The lowest BCUT2D eigenvalue weighted by atomic mass is 11.5. The van der Waals surface area contributed by atoms with Gasteiger partial charge in [0.1, 0.15) is 0 Å². The van der Waals surface area contributed by atoms with Crippen molar-refractivity contribution in [3.63, 3.8) is 0 Å². The minimum atomic E-state index is -0.0818. The number of hydrogen-bond acceptors (Lipinski definition) is 2. The predicted molar refractivity (Wildman–Crippen MR) is 17.0 cm³/mol. The van der Waals surface area contributed by atoms with Gasteiger partial charge in [0, 0.05) is 6.17 Å². The van der Waals surface area contributed by atoms with E-state index >= 15 is 0 Å². The lowest BCUT2D eigenvalue weighted by molar-refractivity contribution is 0.602. The van der Waals surface area contributed by atoms with Crippen LogP contribution in [0.25, 0.3) is 0 Å². The second kappa shape index (κ2) is 3.14. The zero-order valence-corrected chi connectivity index (χ0v) is 3.23. The van der Waals surface area contributed by atoms with Gasteiger partial charge < -0.3 is 10.5 Å². The highest BCUT2D eigenvalue weighted by Crippen LogP contribution is 1.25. The molecule has 0 saturated heterocycles. The average molecular weight is 75.1 g/mol. The Morgan fingerprint density at radius 1 is 2.00 bits per heavy atom. The molecule has 0 atom stereocenters. The first-order valence-corrected chi connectivity index (χ1v) is 2.14. The topological polar surface area (TPSA) is 46.2 Å². The molecule has 0 bridgehead atoms. The first kappa shape index (κ1) is 4.14. The van der Waals surface area contributed by atoms with Crippen LogP contribution in [0.3, 0.4) is 0 Å². The van der Waals surface area contributed by atoms with Gasteiger partial charge in [-0.3, -0.25) is 0 Å². The van der Waals surface area contributed by atoms with E-state index in [-0.39, 0.29) is 9.76 Å². The molecule has 0 aliphatic carbocycles. The van der Waals surface area contributed by atoms with E-state index in [1.807, 2.05) is 0 Å². The number of rotatable bonds is 1. The molecule has 0 fully saturated rings. The lowest BCUT2D eigenvalue weighted by Gasteiger charge is -1.66. The molecule has 0 aliphatic rings. The second-order valence-corrected chi connectivity index (χ2v) is 1.09. The zero-order valence-electron chi connectivity index (χ0n) is 2.23. The Balaban J connectivity index is 1.97. The second-order valence-electron chi connectivity index (χ2n) is 0.362. The van der Waals surface area contributed by atoms with Crippen molar-refractivity contribution in [2.75, 3.05) is 6.17 Å². The van der Waals surface area contributed by atoms with Crippen molar-refractivity contribution >= 4 is 9.76 Å². The molecule has 0 aromatic carbocycles. The van der Waals surface area contributed by atoms with Crippen molar-refractivity contribution in [2.45, 2.75) is 0 Å². The van der Waals surface area contributed by atoms with Gasteiger partial charge >= 0.3 is 0 Å². The normalized spacial score (nSPS) is 7.50. The molecular formula is CH5NOSi. The van der Waals surface area contributed by atoms with E-state index in [0.717, 1.165) is 0 Å². The molecule has 2 radical (unpaired) electrons. The van der Waals surface area contributed by atoms with Crippen LogP contribution in [0.5, 0.6) is 0 Å². The van der Waals surface area contributed by atoms with E-state index in [0.29, 0.717) is 6.17 Å². The largest absolute Gasteiger partial charge is 0.431 e. The summed E-state index contributed by atoms with van der Waals surface area (Å²) in [7, 11) is -0.0818. The Morgan fingerprint density at radius 3 is 2.25 bits per heavy atom. The molecule has 0 aliphatic heterocycles. The maximum atomic E-state index is 7.78. The van der Waals surface area contributed by atoms with Crippen LogP contribution in [0.4, 0.5) is 0 Å². The van der Waals surface area contributed by atoms with Crippen LogP contribution in [0.1, 0.15) is 0 Å². The van der Waals surface area contributed by atoms with Gasteiger partial charge in [-0.05, 0) is 0 Å². The van der Waals surface area contributed by atoms with E-state index in [1.165, 1.54) is 0 Å². The van der Waals surface area contributed by atoms with Crippen LogP contribution in [0, 0.1) is 0 Å². The molecule has 0 amide bonds. The Bertz CT molecular complexity index is 10.0. The fourth-order valence-corrected chi connectivity index (χ4v) is 0. The predicted octanol–water partition coefficient (Wildman–Crippen LogP) is -1.49. The summed E-state index contributed by atoms with van der Waals surface area (Å²) in [6.45, 7) is 0. The third kappa shape index (κ3) is 2.14. The van der Waals surface area contributed by atoms with Gasteiger partial charge in [0.05, 0.1) is 0 Å². The summed E-state index contributed by atoms with van der Waals surface area (Å²) in [4.78, 5) is 7.78. The van der Waals surface area contributed by atoms with Gasteiger partial charge in [0.15, 0.2) is 0 Å². The Hall–Kier alpha value is 0.137. The van der Waals surface area contributed by atoms with Crippen LogP contribution < -0.4 is 5.73 Å².